The molecular formula is C19H21FN2O4. The average Bonchev–Trinajstić information content (AvgIpc) is 2.61. The number of nitrogens with one attached hydrogen (secondary N) is 2. The number of amides is 2. The first-order valence-corrected chi connectivity index (χ1v) is 8.08. The van der Waals surface area contributed by atoms with Crippen LogP contribution in [0.3, 0.4) is 0 Å². The standard InChI is InChI=1S/C19H21FN2O4/c1-12(2)26-16-9-8-14(10-17(16)25-3)19(24)22-21-18(23)11-13-6-4-5-7-15(13)20/h4-10,12H,11H2,1-3H3,(H,21,23)(H,22,24). The molecule has 0 aliphatic rings. The first-order chi connectivity index (χ1) is 12.4. The molecule has 0 heterocycles. The Morgan fingerprint density at radius 1 is 1.08 bits per heavy atom. The summed E-state index contributed by atoms with van der Waals surface area (Å²) in [5.41, 5.74) is 5.08. The summed E-state index contributed by atoms with van der Waals surface area (Å²) in [6.07, 6.45) is -0.224. The van der Waals surface area contributed by atoms with E-state index in [1.54, 1.807) is 24.3 Å². The van der Waals surface area contributed by atoms with E-state index in [0.717, 1.165) is 0 Å². The molecule has 26 heavy (non-hydrogen) atoms. The van der Waals surface area contributed by atoms with E-state index < -0.39 is 17.6 Å². The van der Waals surface area contributed by atoms with Crippen molar-refractivity contribution in [2.75, 3.05) is 7.11 Å². The fourth-order valence-electron chi connectivity index (χ4n) is 2.22. The van der Waals surface area contributed by atoms with Crippen LogP contribution >= 0.6 is 0 Å². The smallest absolute Gasteiger partial charge is 0.269 e. The highest BCUT2D eigenvalue weighted by Gasteiger charge is 2.13. The van der Waals surface area contributed by atoms with Crippen LogP contribution < -0.4 is 20.3 Å². The fraction of sp³-hybridized carbons (Fsp3) is 0.263. The number of benzene rings is 2. The summed E-state index contributed by atoms with van der Waals surface area (Å²) in [4.78, 5) is 24.0. The van der Waals surface area contributed by atoms with Crippen LogP contribution in [-0.2, 0) is 11.2 Å². The lowest BCUT2D eigenvalue weighted by atomic mass is 10.1. The molecule has 0 aromatic heterocycles. The van der Waals surface area contributed by atoms with Crippen molar-refractivity contribution in [1.82, 2.24) is 10.9 Å². The summed E-state index contributed by atoms with van der Waals surface area (Å²) in [5.74, 6) is -0.609. The second-order valence-electron chi connectivity index (χ2n) is 5.80. The van der Waals surface area contributed by atoms with Gasteiger partial charge in [-0.05, 0) is 43.7 Å². The molecule has 2 aromatic rings. The summed E-state index contributed by atoms with van der Waals surface area (Å²) in [6.45, 7) is 3.76. The number of halogens is 1. The Morgan fingerprint density at radius 3 is 2.46 bits per heavy atom. The van der Waals surface area contributed by atoms with Gasteiger partial charge in [-0.15, -0.1) is 0 Å². The normalized spacial score (nSPS) is 10.3. The van der Waals surface area contributed by atoms with E-state index >= 15 is 0 Å². The first kappa shape index (κ1) is 19.2. The Labute approximate surface area is 151 Å². The van der Waals surface area contributed by atoms with Gasteiger partial charge in [-0.2, -0.15) is 0 Å². The molecule has 0 saturated heterocycles. The third-order valence-corrected chi connectivity index (χ3v) is 3.41. The zero-order valence-corrected chi connectivity index (χ0v) is 14.8. The molecule has 0 unspecified atom stereocenters. The minimum atomic E-state index is -0.532. The summed E-state index contributed by atoms with van der Waals surface area (Å²) in [6, 6.07) is 10.6. The third kappa shape index (κ3) is 5.20. The van der Waals surface area contributed by atoms with Crippen molar-refractivity contribution in [3.63, 3.8) is 0 Å². The SMILES string of the molecule is COc1cc(C(=O)NNC(=O)Cc2ccccc2F)ccc1OC(C)C. The Bertz CT molecular complexity index is 793. The fourth-order valence-corrected chi connectivity index (χ4v) is 2.22. The quantitative estimate of drug-likeness (QED) is 0.777. The number of hydrogen-bond acceptors (Lipinski definition) is 4. The molecule has 0 atom stereocenters. The van der Waals surface area contributed by atoms with Crippen molar-refractivity contribution in [3.8, 4) is 11.5 Å². The minimum absolute atomic E-state index is 0.0405. The molecule has 2 N–H and O–H groups in total. The topological polar surface area (TPSA) is 76.7 Å². The van der Waals surface area contributed by atoms with Gasteiger partial charge in [0.1, 0.15) is 5.82 Å². The second kappa shape index (κ2) is 8.84. The number of carbonyl (C=O) groups excluding carboxylic acids is 2. The van der Waals surface area contributed by atoms with Crippen LogP contribution in [0.1, 0.15) is 29.8 Å². The van der Waals surface area contributed by atoms with Crippen molar-refractivity contribution < 1.29 is 23.5 Å². The Hall–Kier alpha value is -3.09. The highest BCUT2D eigenvalue weighted by molar-refractivity contribution is 5.96. The van der Waals surface area contributed by atoms with Crippen LogP contribution in [-0.4, -0.2) is 25.0 Å². The maximum Gasteiger partial charge on any atom is 0.269 e. The van der Waals surface area contributed by atoms with Gasteiger partial charge in [0.05, 0.1) is 19.6 Å². The molecule has 0 spiro atoms. The average molecular weight is 360 g/mol. The highest BCUT2D eigenvalue weighted by Crippen LogP contribution is 2.28. The summed E-state index contributed by atoms with van der Waals surface area (Å²) in [7, 11) is 1.47. The van der Waals surface area contributed by atoms with Crippen LogP contribution in [0.4, 0.5) is 4.39 Å². The van der Waals surface area contributed by atoms with Gasteiger partial charge < -0.3 is 9.47 Å². The van der Waals surface area contributed by atoms with Crippen molar-refractivity contribution in [3.05, 3.63) is 59.4 Å². The molecule has 0 fully saturated rings. The Morgan fingerprint density at radius 2 is 1.81 bits per heavy atom. The molecule has 0 saturated carbocycles. The van der Waals surface area contributed by atoms with Crippen LogP contribution in [0.25, 0.3) is 0 Å². The summed E-state index contributed by atoms with van der Waals surface area (Å²) >= 11 is 0. The number of ether oxygens (including phenoxy) is 2. The Balaban J connectivity index is 1.97. The van der Waals surface area contributed by atoms with E-state index in [2.05, 4.69) is 10.9 Å². The summed E-state index contributed by atoms with van der Waals surface area (Å²) < 4.78 is 24.3. The van der Waals surface area contributed by atoms with Crippen molar-refractivity contribution >= 4 is 11.8 Å². The van der Waals surface area contributed by atoms with Crippen LogP contribution in [0.15, 0.2) is 42.5 Å². The van der Waals surface area contributed by atoms with E-state index in [4.69, 9.17) is 9.47 Å². The van der Waals surface area contributed by atoms with Gasteiger partial charge >= 0.3 is 0 Å². The van der Waals surface area contributed by atoms with Crippen LogP contribution in [0.5, 0.6) is 11.5 Å². The van der Waals surface area contributed by atoms with Crippen molar-refractivity contribution in [2.45, 2.75) is 26.4 Å². The molecular weight excluding hydrogens is 339 g/mol. The first-order valence-electron chi connectivity index (χ1n) is 8.08. The van der Waals surface area contributed by atoms with Gasteiger partial charge in [0.2, 0.25) is 5.91 Å². The van der Waals surface area contributed by atoms with Gasteiger partial charge in [0.25, 0.3) is 5.91 Å². The number of hydrazine groups is 1. The molecule has 0 bridgehead atoms. The highest BCUT2D eigenvalue weighted by atomic mass is 19.1. The lowest BCUT2D eigenvalue weighted by Gasteiger charge is -2.14. The van der Waals surface area contributed by atoms with Gasteiger partial charge in [-0.1, -0.05) is 18.2 Å². The van der Waals surface area contributed by atoms with E-state index in [0.29, 0.717) is 11.5 Å². The van der Waals surface area contributed by atoms with E-state index in [9.17, 15) is 14.0 Å². The molecule has 0 aliphatic carbocycles. The molecule has 0 radical (unpaired) electrons. The Kier molecular flexibility index (Phi) is 6.54. The van der Waals surface area contributed by atoms with Gasteiger partial charge in [-0.3, -0.25) is 20.4 Å². The predicted molar refractivity (Wildman–Crippen MR) is 94.5 cm³/mol. The van der Waals surface area contributed by atoms with Crippen LogP contribution in [0.2, 0.25) is 0 Å². The molecule has 2 rings (SSSR count). The van der Waals surface area contributed by atoms with E-state index in [-0.39, 0.29) is 23.7 Å². The number of rotatable bonds is 6. The largest absolute Gasteiger partial charge is 0.493 e. The van der Waals surface area contributed by atoms with E-state index in [1.807, 2.05) is 13.8 Å². The van der Waals surface area contributed by atoms with Gasteiger partial charge in [-0.25, -0.2) is 4.39 Å². The van der Waals surface area contributed by atoms with Crippen molar-refractivity contribution in [2.24, 2.45) is 0 Å². The predicted octanol–water partition coefficient (Wildman–Crippen LogP) is 2.63. The molecule has 6 nitrogen and oxygen atoms in total. The zero-order chi connectivity index (χ0) is 19.1. The monoisotopic (exact) mass is 360 g/mol. The maximum absolute atomic E-state index is 13.5. The molecule has 7 heteroatoms. The molecule has 2 aromatic carbocycles. The number of hydrogen-bond donors (Lipinski definition) is 2. The van der Waals surface area contributed by atoms with Crippen molar-refractivity contribution in [1.29, 1.82) is 0 Å². The lowest BCUT2D eigenvalue weighted by molar-refractivity contribution is -0.121. The third-order valence-electron chi connectivity index (χ3n) is 3.41. The van der Waals surface area contributed by atoms with Gasteiger partial charge in [0, 0.05) is 5.56 Å². The molecule has 2 amide bonds. The number of carbonyl (C=O) groups is 2. The molecule has 0 aliphatic heterocycles. The van der Waals surface area contributed by atoms with E-state index in [1.165, 1.54) is 25.3 Å². The van der Waals surface area contributed by atoms with Gasteiger partial charge in [0.15, 0.2) is 11.5 Å². The second-order valence-corrected chi connectivity index (χ2v) is 5.80. The molecule has 138 valence electrons. The number of methoxy groups -OCH3 is 1. The lowest BCUT2D eigenvalue weighted by Crippen LogP contribution is -2.42. The van der Waals surface area contributed by atoms with Crippen LogP contribution in [0, 0.1) is 5.82 Å². The zero-order valence-electron chi connectivity index (χ0n) is 14.8. The summed E-state index contributed by atoms with van der Waals surface area (Å²) in [5, 5.41) is 0. The minimum Gasteiger partial charge on any atom is -0.493 e. The maximum atomic E-state index is 13.5.